The molecule has 0 fully saturated rings. The first-order chi connectivity index (χ1) is 9.65. The van der Waals surface area contributed by atoms with E-state index < -0.39 is 0 Å². The van der Waals surface area contributed by atoms with Crippen molar-refractivity contribution in [3.05, 3.63) is 46.8 Å². The van der Waals surface area contributed by atoms with Crippen molar-refractivity contribution in [3.63, 3.8) is 0 Å². The molecule has 0 aliphatic rings. The van der Waals surface area contributed by atoms with Gasteiger partial charge < -0.3 is 15.0 Å². The summed E-state index contributed by atoms with van der Waals surface area (Å²) in [5.41, 5.74) is 9.27. The molecule has 4 nitrogen and oxygen atoms in total. The van der Waals surface area contributed by atoms with Crippen molar-refractivity contribution in [1.29, 1.82) is 0 Å². The van der Waals surface area contributed by atoms with Crippen LogP contribution < -0.4 is 10.5 Å². The number of nitrogens with two attached hydrogens (primary N) is 1. The van der Waals surface area contributed by atoms with Crippen LogP contribution in [0.1, 0.15) is 35.4 Å². The van der Waals surface area contributed by atoms with Gasteiger partial charge in [0.1, 0.15) is 11.5 Å². The zero-order valence-electron chi connectivity index (χ0n) is 12.3. The van der Waals surface area contributed by atoms with Gasteiger partial charge in [0, 0.05) is 11.5 Å². The number of aryl methyl sites for hydroxylation is 2. The Balaban J connectivity index is 2.15. The normalized spacial score (nSPS) is 12.4. The molecule has 1 aromatic carbocycles. The molecule has 2 N–H and O–H groups in total. The van der Waals surface area contributed by atoms with E-state index in [9.17, 15) is 0 Å². The summed E-state index contributed by atoms with van der Waals surface area (Å²) in [4.78, 5) is 0. The van der Waals surface area contributed by atoms with Crippen LogP contribution in [-0.4, -0.2) is 18.3 Å². The van der Waals surface area contributed by atoms with Crippen molar-refractivity contribution >= 4 is 0 Å². The maximum absolute atomic E-state index is 5.94. The van der Waals surface area contributed by atoms with Crippen molar-refractivity contribution in [2.75, 3.05) is 13.2 Å². The van der Waals surface area contributed by atoms with Crippen molar-refractivity contribution < 1.29 is 9.26 Å². The summed E-state index contributed by atoms with van der Waals surface area (Å²) in [7, 11) is 0. The molecule has 0 saturated heterocycles. The fourth-order valence-corrected chi connectivity index (χ4v) is 2.38. The van der Waals surface area contributed by atoms with Crippen molar-refractivity contribution in [2.45, 2.75) is 33.1 Å². The molecule has 0 aliphatic heterocycles. The Kier molecular flexibility index (Phi) is 4.79. The third-order valence-electron chi connectivity index (χ3n) is 3.58. The summed E-state index contributed by atoms with van der Waals surface area (Å²) >= 11 is 0. The smallest absolute Gasteiger partial charge is 0.137 e. The van der Waals surface area contributed by atoms with Crippen LogP contribution in [0, 0.1) is 13.8 Å². The second-order valence-electron chi connectivity index (χ2n) is 4.94. The molecule has 0 aliphatic carbocycles. The van der Waals surface area contributed by atoms with Gasteiger partial charge in [-0.25, -0.2) is 0 Å². The van der Waals surface area contributed by atoms with E-state index in [2.05, 4.69) is 17.3 Å². The van der Waals surface area contributed by atoms with Crippen LogP contribution in [0.15, 0.2) is 28.8 Å². The van der Waals surface area contributed by atoms with Crippen LogP contribution in [0.2, 0.25) is 0 Å². The molecular formula is C16H22N2O2. The monoisotopic (exact) mass is 274 g/mol. The molecule has 1 unspecified atom stereocenters. The number of rotatable bonds is 6. The SMILES string of the molecule is CCOc1ccc(C(CN)Cc2c(C)noc2C)cc1. The Morgan fingerprint density at radius 1 is 1.25 bits per heavy atom. The summed E-state index contributed by atoms with van der Waals surface area (Å²) in [6.07, 6.45) is 0.853. The van der Waals surface area contributed by atoms with Gasteiger partial charge in [-0.05, 0) is 51.4 Å². The molecule has 0 amide bonds. The fraction of sp³-hybridized carbons (Fsp3) is 0.438. The predicted octanol–water partition coefficient (Wildman–Crippen LogP) is 2.98. The second kappa shape index (κ2) is 6.57. The molecule has 1 atom stereocenters. The molecule has 0 saturated carbocycles. The third-order valence-corrected chi connectivity index (χ3v) is 3.58. The van der Waals surface area contributed by atoms with Gasteiger partial charge in [-0.3, -0.25) is 0 Å². The topological polar surface area (TPSA) is 61.3 Å². The first-order valence-electron chi connectivity index (χ1n) is 7.00. The molecule has 1 heterocycles. The first kappa shape index (κ1) is 14.6. The Hall–Kier alpha value is -1.81. The molecule has 2 aromatic rings. The Bertz CT molecular complexity index is 527. The van der Waals surface area contributed by atoms with Crippen LogP contribution in [0.25, 0.3) is 0 Å². The number of benzene rings is 1. The summed E-state index contributed by atoms with van der Waals surface area (Å²) in [6.45, 7) is 7.17. The number of aromatic nitrogens is 1. The summed E-state index contributed by atoms with van der Waals surface area (Å²) < 4.78 is 10.7. The van der Waals surface area contributed by atoms with Crippen molar-refractivity contribution in [2.24, 2.45) is 5.73 Å². The van der Waals surface area contributed by atoms with E-state index in [1.54, 1.807) is 0 Å². The maximum Gasteiger partial charge on any atom is 0.137 e. The lowest BCUT2D eigenvalue weighted by Gasteiger charge is -2.15. The highest BCUT2D eigenvalue weighted by molar-refractivity contribution is 5.32. The maximum atomic E-state index is 5.94. The second-order valence-corrected chi connectivity index (χ2v) is 4.94. The minimum Gasteiger partial charge on any atom is -0.494 e. The zero-order valence-corrected chi connectivity index (χ0v) is 12.3. The number of nitrogens with zero attached hydrogens (tertiary/aromatic N) is 1. The van der Waals surface area contributed by atoms with E-state index in [-0.39, 0.29) is 5.92 Å². The van der Waals surface area contributed by atoms with E-state index in [0.29, 0.717) is 13.2 Å². The van der Waals surface area contributed by atoms with E-state index in [4.69, 9.17) is 15.0 Å². The summed E-state index contributed by atoms with van der Waals surface area (Å²) in [5.74, 6) is 2.04. The molecule has 1 aromatic heterocycles. The van der Waals surface area contributed by atoms with Gasteiger partial charge in [0.2, 0.25) is 0 Å². The molecule has 0 bridgehead atoms. The molecule has 0 spiro atoms. The minimum atomic E-state index is 0.266. The highest BCUT2D eigenvalue weighted by atomic mass is 16.5. The van der Waals surface area contributed by atoms with Gasteiger partial charge in [0.25, 0.3) is 0 Å². The lowest BCUT2D eigenvalue weighted by molar-refractivity contribution is 0.340. The van der Waals surface area contributed by atoms with E-state index >= 15 is 0 Å². The van der Waals surface area contributed by atoms with Crippen molar-refractivity contribution in [3.8, 4) is 5.75 Å². The standard InChI is InChI=1S/C16H22N2O2/c1-4-19-15-7-5-13(6-8-15)14(10-17)9-16-11(2)18-20-12(16)3/h5-8,14H,4,9-10,17H2,1-3H3. The van der Waals surface area contributed by atoms with Gasteiger partial charge in [0.05, 0.1) is 12.3 Å². The highest BCUT2D eigenvalue weighted by Gasteiger charge is 2.16. The largest absolute Gasteiger partial charge is 0.494 e. The number of ether oxygens (including phenoxy) is 1. The minimum absolute atomic E-state index is 0.266. The zero-order chi connectivity index (χ0) is 14.5. The number of hydrogen-bond acceptors (Lipinski definition) is 4. The Morgan fingerprint density at radius 3 is 2.45 bits per heavy atom. The molecule has 108 valence electrons. The van der Waals surface area contributed by atoms with E-state index in [1.165, 1.54) is 5.56 Å². The van der Waals surface area contributed by atoms with Crippen LogP contribution >= 0.6 is 0 Å². The van der Waals surface area contributed by atoms with Crippen LogP contribution in [0.5, 0.6) is 5.75 Å². The summed E-state index contributed by atoms with van der Waals surface area (Å²) in [5, 5.41) is 4.00. The third kappa shape index (κ3) is 3.20. The molecule has 20 heavy (non-hydrogen) atoms. The number of hydrogen-bond donors (Lipinski definition) is 1. The first-order valence-corrected chi connectivity index (χ1v) is 7.00. The summed E-state index contributed by atoms with van der Waals surface area (Å²) in [6, 6.07) is 8.16. The van der Waals surface area contributed by atoms with E-state index in [0.717, 1.165) is 29.2 Å². The lowest BCUT2D eigenvalue weighted by atomic mass is 9.91. The van der Waals surface area contributed by atoms with Crippen molar-refractivity contribution in [1.82, 2.24) is 5.16 Å². The predicted molar refractivity (Wildman–Crippen MR) is 79.1 cm³/mol. The molecule has 4 heteroatoms. The highest BCUT2D eigenvalue weighted by Crippen LogP contribution is 2.25. The van der Waals surface area contributed by atoms with Crippen LogP contribution in [0.4, 0.5) is 0 Å². The Morgan fingerprint density at radius 2 is 1.95 bits per heavy atom. The van der Waals surface area contributed by atoms with Gasteiger partial charge >= 0.3 is 0 Å². The fourth-order valence-electron chi connectivity index (χ4n) is 2.38. The van der Waals surface area contributed by atoms with Gasteiger partial charge in [0.15, 0.2) is 0 Å². The molecule has 0 radical (unpaired) electrons. The van der Waals surface area contributed by atoms with Gasteiger partial charge in [-0.15, -0.1) is 0 Å². The van der Waals surface area contributed by atoms with Gasteiger partial charge in [-0.1, -0.05) is 17.3 Å². The molecule has 2 rings (SSSR count). The van der Waals surface area contributed by atoms with Gasteiger partial charge in [-0.2, -0.15) is 0 Å². The molecular weight excluding hydrogens is 252 g/mol. The average Bonchev–Trinajstić information content (AvgIpc) is 2.77. The lowest BCUT2D eigenvalue weighted by Crippen LogP contribution is -2.15. The Labute approximate surface area is 119 Å². The quantitative estimate of drug-likeness (QED) is 0.879. The average molecular weight is 274 g/mol. The van der Waals surface area contributed by atoms with E-state index in [1.807, 2.05) is 32.9 Å². The van der Waals surface area contributed by atoms with Crippen LogP contribution in [-0.2, 0) is 6.42 Å². The van der Waals surface area contributed by atoms with Crippen LogP contribution in [0.3, 0.4) is 0 Å².